The highest BCUT2D eigenvalue weighted by Gasteiger charge is 2.29. The van der Waals surface area contributed by atoms with Gasteiger partial charge in [0.05, 0.1) is 6.54 Å². The second kappa shape index (κ2) is 7.96. The number of nitrogens with zero attached hydrogens (tertiary/aromatic N) is 3. The predicted octanol–water partition coefficient (Wildman–Crippen LogP) is 1.79. The average molecular weight is 366 g/mol. The first-order chi connectivity index (χ1) is 13.2. The van der Waals surface area contributed by atoms with Crippen molar-refractivity contribution in [2.24, 2.45) is 0 Å². The molecule has 1 atom stereocenters. The number of likely N-dealkylation sites (tertiary alicyclic amines) is 1. The number of amides is 2. The normalized spacial score (nSPS) is 20.8. The van der Waals surface area contributed by atoms with Crippen molar-refractivity contribution in [1.82, 2.24) is 19.7 Å². The molecule has 0 aliphatic carbocycles. The topological polar surface area (TPSA) is 59.7 Å². The third-order valence-corrected chi connectivity index (χ3v) is 5.65. The van der Waals surface area contributed by atoms with E-state index in [1.807, 2.05) is 21.9 Å². The van der Waals surface area contributed by atoms with Crippen molar-refractivity contribution in [2.75, 3.05) is 45.8 Å². The van der Waals surface area contributed by atoms with Gasteiger partial charge in [0.15, 0.2) is 0 Å². The van der Waals surface area contributed by atoms with Crippen LogP contribution in [0.3, 0.4) is 0 Å². The van der Waals surface area contributed by atoms with Crippen molar-refractivity contribution in [1.29, 1.82) is 0 Å². The van der Waals surface area contributed by atoms with Crippen molar-refractivity contribution in [3.8, 4) is 0 Å². The van der Waals surface area contributed by atoms with Gasteiger partial charge in [-0.15, -0.1) is 0 Å². The molecule has 0 spiro atoms. The van der Waals surface area contributed by atoms with E-state index >= 15 is 0 Å². The second-order valence-electron chi connectivity index (χ2n) is 7.39. The molecule has 27 heavy (non-hydrogen) atoms. The summed E-state index contributed by atoms with van der Waals surface area (Å²) in [5.74, 6) is 0.710. The number of H-pyrrole nitrogens is 1. The molecular formula is C21H26N4O2. The van der Waals surface area contributed by atoms with Crippen molar-refractivity contribution in [2.45, 2.75) is 12.3 Å². The Morgan fingerprint density at radius 2 is 1.67 bits per heavy atom. The quantitative estimate of drug-likeness (QED) is 0.897. The van der Waals surface area contributed by atoms with E-state index in [9.17, 15) is 9.59 Å². The molecule has 1 N–H and O–H groups in total. The zero-order chi connectivity index (χ0) is 18.6. The highest BCUT2D eigenvalue weighted by Crippen LogP contribution is 2.26. The van der Waals surface area contributed by atoms with E-state index in [1.165, 1.54) is 5.56 Å². The van der Waals surface area contributed by atoms with Gasteiger partial charge in [0.2, 0.25) is 5.91 Å². The van der Waals surface area contributed by atoms with E-state index < -0.39 is 0 Å². The summed E-state index contributed by atoms with van der Waals surface area (Å²) in [6.45, 7) is 4.81. The molecule has 1 unspecified atom stereocenters. The smallest absolute Gasteiger partial charge is 0.270 e. The van der Waals surface area contributed by atoms with E-state index in [-0.39, 0.29) is 11.8 Å². The molecule has 2 aliphatic heterocycles. The van der Waals surface area contributed by atoms with Crippen molar-refractivity contribution < 1.29 is 9.59 Å². The van der Waals surface area contributed by atoms with Crippen molar-refractivity contribution in [3.63, 3.8) is 0 Å². The van der Waals surface area contributed by atoms with Gasteiger partial charge in [0.25, 0.3) is 5.91 Å². The number of carbonyl (C=O) groups excluding carboxylic acids is 2. The summed E-state index contributed by atoms with van der Waals surface area (Å²) >= 11 is 0. The molecule has 6 nitrogen and oxygen atoms in total. The second-order valence-corrected chi connectivity index (χ2v) is 7.39. The summed E-state index contributed by atoms with van der Waals surface area (Å²) in [6, 6.07) is 14.2. The summed E-state index contributed by atoms with van der Waals surface area (Å²) in [5.41, 5.74) is 1.97. The third-order valence-electron chi connectivity index (χ3n) is 5.65. The number of nitrogens with one attached hydrogen (secondary N) is 1. The maximum atomic E-state index is 12.7. The van der Waals surface area contributed by atoms with Crippen LogP contribution in [0.1, 0.15) is 28.4 Å². The predicted molar refractivity (Wildman–Crippen MR) is 104 cm³/mol. The van der Waals surface area contributed by atoms with Gasteiger partial charge in [0, 0.05) is 38.9 Å². The Morgan fingerprint density at radius 3 is 2.37 bits per heavy atom. The van der Waals surface area contributed by atoms with Crippen LogP contribution in [0.5, 0.6) is 0 Å². The Balaban J connectivity index is 1.25. The van der Waals surface area contributed by atoms with Crippen LogP contribution in [-0.2, 0) is 4.79 Å². The van der Waals surface area contributed by atoms with Gasteiger partial charge >= 0.3 is 0 Å². The van der Waals surface area contributed by atoms with E-state index in [4.69, 9.17) is 0 Å². The zero-order valence-corrected chi connectivity index (χ0v) is 15.5. The van der Waals surface area contributed by atoms with Gasteiger partial charge in [-0.1, -0.05) is 30.3 Å². The van der Waals surface area contributed by atoms with Gasteiger partial charge in [0.1, 0.15) is 5.69 Å². The molecule has 4 rings (SSSR count). The lowest BCUT2D eigenvalue weighted by Crippen LogP contribution is -2.52. The fourth-order valence-electron chi connectivity index (χ4n) is 4.06. The summed E-state index contributed by atoms with van der Waals surface area (Å²) in [5, 5.41) is 0. The average Bonchev–Trinajstić information content (AvgIpc) is 3.40. The number of carbonyl (C=O) groups is 2. The lowest BCUT2D eigenvalue weighted by Gasteiger charge is -2.35. The molecule has 0 radical (unpaired) electrons. The van der Waals surface area contributed by atoms with Crippen LogP contribution in [-0.4, -0.2) is 77.3 Å². The fraction of sp³-hybridized carbons (Fsp3) is 0.429. The Kier molecular flexibility index (Phi) is 5.25. The molecule has 6 heteroatoms. The Labute approximate surface area is 159 Å². The van der Waals surface area contributed by atoms with Crippen LogP contribution in [0.25, 0.3) is 0 Å². The minimum atomic E-state index is 0.0114. The SMILES string of the molecule is O=C(CN1CCC(c2ccccc2)C1)N1CCN(C(=O)c2ccc[nH]2)CC1. The van der Waals surface area contributed by atoms with Gasteiger partial charge in [-0.3, -0.25) is 14.5 Å². The van der Waals surface area contributed by atoms with Gasteiger partial charge < -0.3 is 14.8 Å². The van der Waals surface area contributed by atoms with Crippen LogP contribution in [0.4, 0.5) is 0 Å². The van der Waals surface area contributed by atoms with Crippen LogP contribution >= 0.6 is 0 Å². The van der Waals surface area contributed by atoms with Crippen molar-refractivity contribution in [3.05, 3.63) is 59.9 Å². The Morgan fingerprint density at radius 1 is 0.926 bits per heavy atom. The minimum Gasteiger partial charge on any atom is -0.357 e. The molecule has 2 aromatic rings. The number of hydrogen-bond acceptors (Lipinski definition) is 3. The summed E-state index contributed by atoms with van der Waals surface area (Å²) in [6.07, 6.45) is 2.86. The maximum Gasteiger partial charge on any atom is 0.270 e. The molecule has 2 fully saturated rings. The van der Waals surface area contributed by atoms with E-state index in [0.717, 1.165) is 19.5 Å². The number of aromatic amines is 1. The lowest BCUT2D eigenvalue weighted by atomic mass is 9.99. The number of benzene rings is 1. The molecular weight excluding hydrogens is 340 g/mol. The molecule has 0 bridgehead atoms. The first kappa shape index (κ1) is 17.8. The number of rotatable bonds is 4. The lowest BCUT2D eigenvalue weighted by molar-refractivity contribution is -0.133. The molecule has 1 aromatic heterocycles. The molecule has 2 saturated heterocycles. The van der Waals surface area contributed by atoms with E-state index in [0.29, 0.717) is 44.3 Å². The maximum absolute atomic E-state index is 12.7. The monoisotopic (exact) mass is 366 g/mol. The number of piperazine rings is 1. The molecule has 1 aromatic carbocycles. The summed E-state index contributed by atoms with van der Waals surface area (Å²) in [7, 11) is 0. The van der Waals surface area contributed by atoms with Gasteiger partial charge in [-0.25, -0.2) is 0 Å². The molecule has 3 heterocycles. The highest BCUT2D eigenvalue weighted by molar-refractivity contribution is 5.92. The Bertz CT molecular complexity index is 767. The van der Waals surface area contributed by atoms with E-state index in [1.54, 1.807) is 12.3 Å². The summed E-state index contributed by atoms with van der Waals surface area (Å²) < 4.78 is 0. The standard InChI is InChI=1S/C21H26N4O2/c26-20(16-23-10-8-18(15-23)17-5-2-1-3-6-17)24-11-13-25(14-12-24)21(27)19-7-4-9-22-19/h1-7,9,18,22H,8,10-16H2. The first-order valence-electron chi connectivity index (χ1n) is 9.68. The van der Waals surface area contributed by atoms with Crippen LogP contribution in [0.15, 0.2) is 48.7 Å². The fourth-order valence-corrected chi connectivity index (χ4v) is 4.06. The molecule has 142 valence electrons. The zero-order valence-electron chi connectivity index (χ0n) is 15.5. The largest absolute Gasteiger partial charge is 0.357 e. The van der Waals surface area contributed by atoms with Gasteiger partial charge in [-0.2, -0.15) is 0 Å². The summed E-state index contributed by atoms with van der Waals surface area (Å²) in [4.78, 5) is 34.0. The third kappa shape index (κ3) is 4.06. The van der Waals surface area contributed by atoms with Crippen LogP contribution < -0.4 is 0 Å². The minimum absolute atomic E-state index is 0.0114. The van der Waals surface area contributed by atoms with Crippen molar-refractivity contribution >= 4 is 11.8 Å². The van der Waals surface area contributed by atoms with E-state index in [2.05, 4.69) is 34.1 Å². The highest BCUT2D eigenvalue weighted by atomic mass is 16.2. The molecule has 2 amide bonds. The molecule has 2 aliphatic rings. The first-order valence-corrected chi connectivity index (χ1v) is 9.68. The number of hydrogen-bond donors (Lipinski definition) is 1. The van der Waals surface area contributed by atoms with Crippen LogP contribution in [0, 0.1) is 0 Å². The van der Waals surface area contributed by atoms with Crippen LogP contribution in [0.2, 0.25) is 0 Å². The molecule has 0 saturated carbocycles. The Hall–Kier alpha value is -2.60. The number of aromatic nitrogens is 1. The van der Waals surface area contributed by atoms with Gasteiger partial charge in [-0.05, 0) is 36.6 Å².